The zero-order valence-corrected chi connectivity index (χ0v) is 10.4. The van der Waals surface area contributed by atoms with E-state index in [1.54, 1.807) is 6.26 Å². The molecule has 0 bridgehead atoms. The molecule has 1 aliphatic rings. The van der Waals surface area contributed by atoms with Crippen molar-refractivity contribution < 1.29 is 9.78 Å². The van der Waals surface area contributed by atoms with Crippen LogP contribution in [0.4, 0.5) is 0 Å². The molecule has 0 amide bonds. The van der Waals surface area contributed by atoms with Crippen LogP contribution in [0.3, 0.4) is 0 Å². The van der Waals surface area contributed by atoms with E-state index >= 15 is 0 Å². The van der Waals surface area contributed by atoms with Crippen LogP contribution in [-0.2, 0) is 9.78 Å². The maximum atomic E-state index is 5.48. The zero-order valence-electron chi connectivity index (χ0n) is 10.4. The summed E-state index contributed by atoms with van der Waals surface area (Å²) in [6.45, 7) is 8.76. The fourth-order valence-corrected chi connectivity index (χ4v) is 2.38. The summed E-state index contributed by atoms with van der Waals surface area (Å²) in [7, 11) is 0. The Morgan fingerprint density at radius 1 is 1.27 bits per heavy atom. The molecule has 0 heterocycles. The third-order valence-corrected chi connectivity index (χ3v) is 3.33. The second-order valence-electron chi connectivity index (χ2n) is 5.03. The zero-order chi connectivity index (χ0) is 11.3. The highest BCUT2D eigenvalue weighted by molar-refractivity contribution is 4.80. The fraction of sp³-hybridized carbons (Fsp3) is 0.846. The highest BCUT2D eigenvalue weighted by Gasteiger charge is 2.32. The van der Waals surface area contributed by atoms with Gasteiger partial charge in [-0.2, -0.15) is 4.89 Å². The van der Waals surface area contributed by atoms with Gasteiger partial charge >= 0.3 is 0 Å². The van der Waals surface area contributed by atoms with Crippen molar-refractivity contribution in [1.29, 1.82) is 0 Å². The lowest BCUT2D eigenvalue weighted by Gasteiger charge is -2.35. The number of allylic oxidation sites excluding steroid dienone is 1. The summed E-state index contributed by atoms with van der Waals surface area (Å²) in [6, 6.07) is 0. The van der Waals surface area contributed by atoms with E-state index in [1.807, 2.05) is 13.0 Å². The Labute approximate surface area is 93.6 Å². The van der Waals surface area contributed by atoms with Gasteiger partial charge in [-0.1, -0.05) is 27.2 Å². The molecule has 2 heteroatoms. The highest BCUT2D eigenvalue weighted by atomic mass is 17.2. The van der Waals surface area contributed by atoms with Gasteiger partial charge in [-0.25, -0.2) is 0 Å². The van der Waals surface area contributed by atoms with Gasteiger partial charge in [-0.05, 0) is 43.6 Å². The maximum absolute atomic E-state index is 5.48. The molecule has 0 saturated heterocycles. The minimum absolute atomic E-state index is 0.268. The smallest absolute Gasteiger partial charge is 0.125 e. The molecule has 15 heavy (non-hydrogen) atoms. The van der Waals surface area contributed by atoms with Crippen molar-refractivity contribution in [2.45, 2.75) is 53.1 Å². The van der Waals surface area contributed by atoms with Crippen molar-refractivity contribution in [3.8, 4) is 0 Å². The van der Waals surface area contributed by atoms with E-state index in [4.69, 9.17) is 9.78 Å². The number of rotatable bonds is 4. The summed E-state index contributed by atoms with van der Waals surface area (Å²) in [5.74, 6) is 2.09. The molecule has 0 aromatic heterocycles. The van der Waals surface area contributed by atoms with Gasteiger partial charge in [-0.3, -0.25) is 0 Å². The van der Waals surface area contributed by atoms with Gasteiger partial charge in [-0.15, -0.1) is 0 Å². The van der Waals surface area contributed by atoms with Crippen LogP contribution < -0.4 is 0 Å². The van der Waals surface area contributed by atoms with E-state index in [1.165, 1.54) is 12.8 Å². The van der Waals surface area contributed by atoms with Crippen LogP contribution in [0.25, 0.3) is 0 Å². The molecule has 0 aliphatic heterocycles. The molecule has 3 unspecified atom stereocenters. The van der Waals surface area contributed by atoms with Crippen LogP contribution in [0.2, 0.25) is 0 Å². The van der Waals surface area contributed by atoms with Gasteiger partial charge in [0.05, 0.1) is 0 Å². The molecule has 1 fully saturated rings. The topological polar surface area (TPSA) is 18.5 Å². The SMILES string of the molecule is C/C=C/OOC1CC(C)CCC1C(C)C. The molecule has 1 rings (SSSR count). The summed E-state index contributed by atoms with van der Waals surface area (Å²) in [5, 5.41) is 0. The molecule has 2 nitrogen and oxygen atoms in total. The lowest BCUT2D eigenvalue weighted by atomic mass is 9.75. The van der Waals surface area contributed by atoms with Gasteiger partial charge in [0.2, 0.25) is 0 Å². The Morgan fingerprint density at radius 2 is 2.00 bits per heavy atom. The molecule has 3 atom stereocenters. The van der Waals surface area contributed by atoms with Crippen molar-refractivity contribution in [2.24, 2.45) is 17.8 Å². The van der Waals surface area contributed by atoms with Crippen molar-refractivity contribution in [2.75, 3.05) is 0 Å². The summed E-state index contributed by atoms with van der Waals surface area (Å²) >= 11 is 0. The molecular weight excluding hydrogens is 188 g/mol. The minimum Gasteiger partial charge on any atom is -0.346 e. The van der Waals surface area contributed by atoms with E-state index in [0.29, 0.717) is 11.8 Å². The van der Waals surface area contributed by atoms with Crippen molar-refractivity contribution in [3.63, 3.8) is 0 Å². The van der Waals surface area contributed by atoms with Crippen LogP contribution >= 0.6 is 0 Å². The van der Waals surface area contributed by atoms with Gasteiger partial charge in [0.15, 0.2) is 0 Å². The molecule has 0 aromatic carbocycles. The second kappa shape index (κ2) is 6.16. The van der Waals surface area contributed by atoms with Crippen molar-refractivity contribution in [1.82, 2.24) is 0 Å². The highest BCUT2D eigenvalue weighted by Crippen LogP contribution is 2.35. The first kappa shape index (κ1) is 12.6. The Bertz CT molecular complexity index is 199. The summed E-state index contributed by atoms with van der Waals surface area (Å²) in [4.78, 5) is 10.6. The molecular formula is C13H24O2. The first-order valence-electron chi connectivity index (χ1n) is 6.08. The molecule has 0 spiro atoms. The second-order valence-corrected chi connectivity index (χ2v) is 5.03. The first-order chi connectivity index (χ1) is 7.15. The normalized spacial score (nSPS) is 32.5. The number of hydrogen-bond acceptors (Lipinski definition) is 2. The average Bonchev–Trinajstić information content (AvgIpc) is 2.18. The lowest BCUT2D eigenvalue weighted by Crippen LogP contribution is -2.33. The predicted molar refractivity (Wildman–Crippen MR) is 62.1 cm³/mol. The lowest BCUT2D eigenvalue weighted by molar-refractivity contribution is -0.304. The Balaban J connectivity index is 2.46. The largest absolute Gasteiger partial charge is 0.346 e. The van der Waals surface area contributed by atoms with Crippen molar-refractivity contribution in [3.05, 3.63) is 12.3 Å². The number of hydrogen-bond donors (Lipinski definition) is 0. The Kier molecular flexibility index (Phi) is 5.16. The molecule has 1 saturated carbocycles. The van der Waals surface area contributed by atoms with Gasteiger partial charge in [0.1, 0.15) is 12.4 Å². The van der Waals surface area contributed by atoms with E-state index in [2.05, 4.69) is 20.8 Å². The minimum atomic E-state index is 0.268. The van der Waals surface area contributed by atoms with Crippen LogP contribution in [0.1, 0.15) is 47.0 Å². The first-order valence-corrected chi connectivity index (χ1v) is 6.08. The van der Waals surface area contributed by atoms with E-state index in [0.717, 1.165) is 12.3 Å². The van der Waals surface area contributed by atoms with Gasteiger partial charge in [0, 0.05) is 0 Å². The summed E-state index contributed by atoms with van der Waals surface area (Å²) in [5.41, 5.74) is 0. The predicted octanol–water partition coefficient (Wildman–Crippen LogP) is 3.93. The molecule has 1 aliphatic carbocycles. The standard InChI is InChI=1S/C13H24O2/c1-5-8-14-15-13-9-11(4)6-7-12(13)10(2)3/h5,8,10-13H,6-7,9H2,1-4H3/b8-5+. The van der Waals surface area contributed by atoms with Crippen LogP contribution in [0.15, 0.2) is 12.3 Å². The van der Waals surface area contributed by atoms with E-state index in [-0.39, 0.29) is 6.10 Å². The van der Waals surface area contributed by atoms with E-state index < -0.39 is 0 Å². The van der Waals surface area contributed by atoms with Crippen LogP contribution in [0.5, 0.6) is 0 Å². The van der Waals surface area contributed by atoms with Crippen LogP contribution in [0, 0.1) is 17.8 Å². The molecule has 0 radical (unpaired) electrons. The Morgan fingerprint density at radius 3 is 2.60 bits per heavy atom. The monoisotopic (exact) mass is 212 g/mol. The summed E-state index contributed by atoms with van der Waals surface area (Å²) in [6.07, 6.45) is 7.44. The molecule has 0 N–H and O–H groups in total. The quantitative estimate of drug-likeness (QED) is 0.399. The third-order valence-electron chi connectivity index (χ3n) is 3.33. The average molecular weight is 212 g/mol. The molecule has 0 aromatic rings. The van der Waals surface area contributed by atoms with Gasteiger partial charge < -0.3 is 4.89 Å². The summed E-state index contributed by atoms with van der Waals surface area (Å²) < 4.78 is 0. The van der Waals surface area contributed by atoms with E-state index in [9.17, 15) is 0 Å². The maximum Gasteiger partial charge on any atom is 0.125 e. The van der Waals surface area contributed by atoms with Gasteiger partial charge in [0.25, 0.3) is 0 Å². The third kappa shape index (κ3) is 3.86. The van der Waals surface area contributed by atoms with Crippen molar-refractivity contribution >= 4 is 0 Å². The fourth-order valence-electron chi connectivity index (χ4n) is 2.38. The Hall–Kier alpha value is -0.500. The molecule has 88 valence electrons. The van der Waals surface area contributed by atoms with Crippen LogP contribution in [-0.4, -0.2) is 6.10 Å².